The summed E-state index contributed by atoms with van der Waals surface area (Å²) in [5.74, 6) is 0.674. The fourth-order valence-corrected chi connectivity index (χ4v) is 2.07. The van der Waals surface area contributed by atoms with Crippen LogP contribution in [0.1, 0.15) is 18.9 Å². The third-order valence-electron chi connectivity index (χ3n) is 3.13. The number of aliphatic hydroxyl groups excluding tert-OH is 2. The number of hydrogen-bond acceptors (Lipinski definition) is 5. The summed E-state index contributed by atoms with van der Waals surface area (Å²) in [5.41, 5.74) is 6.31. The highest BCUT2D eigenvalue weighted by molar-refractivity contribution is 7.80. The van der Waals surface area contributed by atoms with Crippen LogP contribution in [0.4, 0.5) is 0 Å². The summed E-state index contributed by atoms with van der Waals surface area (Å²) < 4.78 is 5.54. The smallest absolute Gasteiger partial charge is 0.119 e. The van der Waals surface area contributed by atoms with E-state index in [1.54, 1.807) is 24.3 Å². The molecule has 4 N–H and O–H groups in total. The van der Waals surface area contributed by atoms with Gasteiger partial charge in [-0.15, -0.1) is 0 Å². The first-order valence-electron chi connectivity index (χ1n) is 7.10. The van der Waals surface area contributed by atoms with Gasteiger partial charge in [0.1, 0.15) is 23.4 Å². The van der Waals surface area contributed by atoms with E-state index in [9.17, 15) is 5.11 Å². The van der Waals surface area contributed by atoms with Crippen LogP contribution in [0.25, 0.3) is 0 Å². The second-order valence-corrected chi connectivity index (χ2v) is 5.26. The summed E-state index contributed by atoms with van der Waals surface area (Å²) >= 11 is 4.88. The van der Waals surface area contributed by atoms with E-state index < -0.39 is 6.10 Å². The van der Waals surface area contributed by atoms with E-state index in [4.69, 9.17) is 27.8 Å². The lowest BCUT2D eigenvalue weighted by Gasteiger charge is -2.23. The van der Waals surface area contributed by atoms with Crippen LogP contribution in [0.2, 0.25) is 0 Å². The van der Waals surface area contributed by atoms with E-state index >= 15 is 0 Å². The molecule has 1 unspecified atom stereocenters. The largest absolute Gasteiger partial charge is 0.491 e. The Bertz CT molecular complexity index is 425. The second kappa shape index (κ2) is 9.68. The van der Waals surface area contributed by atoms with Crippen molar-refractivity contribution in [3.8, 4) is 5.75 Å². The van der Waals surface area contributed by atoms with Crippen molar-refractivity contribution in [2.24, 2.45) is 5.73 Å². The topological polar surface area (TPSA) is 79.0 Å². The maximum Gasteiger partial charge on any atom is 0.119 e. The number of ether oxygens (including phenoxy) is 1. The van der Waals surface area contributed by atoms with Crippen LogP contribution in [-0.2, 0) is 0 Å². The number of rotatable bonds is 10. The van der Waals surface area contributed by atoms with Crippen LogP contribution in [0, 0.1) is 0 Å². The van der Waals surface area contributed by atoms with Crippen molar-refractivity contribution in [3.05, 3.63) is 29.8 Å². The monoisotopic (exact) mass is 312 g/mol. The molecule has 0 fully saturated rings. The average molecular weight is 312 g/mol. The molecule has 0 amide bonds. The van der Waals surface area contributed by atoms with Crippen molar-refractivity contribution < 1.29 is 14.9 Å². The Hall–Kier alpha value is -1.21. The van der Waals surface area contributed by atoms with Crippen molar-refractivity contribution >= 4 is 17.2 Å². The van der Waals surface area contributed by atoms with Crippen molar-refractivity contribution in [2.75, 3.05) is 32.8 Å². The number of thiocarbonyl (C=S) groups is 1. The lowest BCUT2D eigenvalue weighted by atomic mass is 10.2. The molecular weight excluding hydrogens is 288 g/mol. The zero-order valence-electron chi connectivity index (χ0n) is 12.4. The maximum atomic E-state index is 9.98. The van der Waals surface area contributed by atoms with Crippen LogP contribution in [-0.4, -0.2) is 59.1 Å². The zero-order chi connectivity index (χ0) is 15.7. The zero-order valence-corrected chi connectivity index (χ0v) is 13.2. The van der Waals surface area contributed by atoms with Gasteiger partial charge in [0.25, 0.3) is 0 Å². The fourth-order valence-electron chi connectivity index (χ4n) is 1.93. The van der Waals surface area contributed by atoms with Crippen molar-refractivity contribution in [1.82, 2.24) is 4.90 Å². The molecule has 0 bridgehead atoms. The van der Waals surface area contributed by atoms with Gasteiger partial charge in [-0.2, -0.15) is 0 Å². The van der Waals surface area contributed by atoms with Gasteiger partial charge >= 0.3 is 0 Å². The molecule has 0 aliphatic heterocycles. The molecule has 0 aromatic heterocycles. The molecule has 21 heavy (non-hydrogen) atoms. The van der Waals surface area contributed by atoms with Crippen molar-refractivity contribution in [3.63, 3.8) is 0 Å². The first-order chi connectivity index (χ1) is 10.1. The molecular formula is C15H24N2O3S. The minimum absolute atomic E-state index is 0.165. The van der Waals surface area contributed by atoms with Gasteiger partial charge in [-0.05, 0) is 37.2 Å². The highest BCUT2D eigenvalue weighted by Crippen LogP contribution is 2.12. The summed E-state index contributed by atoms with van der Waals surface area (Å²) in [7, 11) is 0. The summed E-state index contributed by atoms with van der Waals surface area (Å²) in [5, 5.41) is 18.8. The lowest BCUT2D eigenvalue weighted by Crippen LogP contribution is -2.36. The second-order valence-electron chi connectivity index (χ2n) is 4.82. The van der Waals surface area contributed by atoms with Crippen LogP contribution in [0.5, 0.6) is 5.75 Å². The minimum atomic E-state index is -0.570. The van der Waals surface area contributed by atoms with Gasteiger partial charge in [-0.3, -0.25) is 0 Å². The number of likely N-dealkylation sites (N-methyl/N-ethyl adjacent to an activating group) is 1. The molecule has 1 atom stereocenters. The molecule has 0 spiro atoms. The van der Waals surface area contributed by atoms with Crippen LogP contribution >= 0.6 is 12.2 Å². The summed E-state index contributed by atoms with van der Waals surface area (Å²) in [6, 6.07) is 7.16. The van der Waals surface area contributed by atoms with Gasteiger partial charge in [0.05, 0.1) is 0 Å². The third-order valence-corrected chi connectivity index (χ3v) is 3.37. The predicted molar refractivity (Wildman–Crippen MR) is 87.6 cm³/mol. The molecule has 0 aliphatic carbocycles. The Morgan fingerprint density at radius 3 is 2.57 bits per heavy atom. The Morgan fingerprint density at radius 1 is 1.38 bits per heavy atom. The van der Waals surface area contributed by atoms with E-state index in [1.165, 1.54) is 0 Å². The summed E-state index contributed by atoms with van der Waals surface area (Å²) in [6.45, 7) is 4.55. The molecule has 118 valence electrons. The van der Waals surface area contributed by atoms with E-state index in [-0.39, 0.29) is 13.2 Å². The number of aliphatic hydroxyl groups is 2. The quantitative estimate of drug-likeness (QED) is 0.554. The molecule has 0 radical (unpaired) electrons. The predicted octanol–water partition coefficient (Wildman–Crippen LogP) is 0.765. The van der Waals surface area contributed by atoms with Gasteiger partial charge in [-0.1, -0.05) is 19.1 Å². The highest BCUT2D eigenvalue weighted by Gasteiger charge is 2.11. The van der Waals surface area contributed by atoms with E-state index in [2.05, 4.69) is 4.90 Å². The molecule has 1 aromatic carbocycles. The molecule has 1 aromatic rings. The Kier molecular flexibility index (Phi) is 8.22. The third kappa shape index (κ3) is 6.86. The first-order valence-corrected chi connectivity index (χ1v) is 7.51. The van der Waals surface area contributed by atoms with Crippen molar-refractivity contribution in [1.29, 1.82) is 0 Å². The minimum Gasteiger partial charge on any atom is -0.491 e. The number of hydrogen-bond donors (Lipinski definition) is 3. The number of nitrogens with two attached hydrogens (primary N) is 1. The van der Waals surface area contributed by atoms with Crippen LogP contribution in [0.3, 0.4) is 0 Å². The molecule has 0 aliphatic rings. The van der Waals surface area contributed by atoms with Gasteiger partial charge in [0.15, 0.2) is 0 Å². The van der Waals surface area contributed by atoms with Gasteiger partial charge in [0.2, 0.25) is 0 Å². The summed E-state index contributed by atoms with van der Waals surface area (Å²) in [6.07, 6.45) is 0.140. The molecule has 0 saturated heterocycles. The molecule has 0 heterocycles. The van der Waals surface area contributed by atoms with E-state index in [0.717, 1.165) is 18.7 Å². The first kappa shape index (κ1) is 17.8. The van der Waals surface area contributed by atoms with Gasteiger partial charge in [-0.25, -0.2) is 0 Å². The molecule has 6 heteroatoms. The van der Waals surface area contributed by atoms with E-state index in [0.29, 0.717) is 23.7 Å². The molecule has 0 saturated carbocycles. The van der Waals surface area contributed by atoms with Crippen LogP contribution in [0.15, 0.2) is 24.3 Å². The van der Waals surface area contributed by atoms with Crippen molar-refractivity contribution in [2.45, 2.75) is 19.4 Å². The Labute approximate surface area is 131 Å². The number of nitrogens with zero attached hydrogens (tertiary/aromatic N) is 1. The normalized spacial score (nSPS) is 12.4. The molecule has 5 nitrogen and oxygen atoms in total. The van der Waals surface area contributed by atoms with Gasteiger partial charge in [0, 0.05) is 25.3 Å². The highest BCUT2D eigenvalue weighted by atomic mass is 32.1. The van der Waals surface area contributed by atoms with E-state index in [1.807, 2.05) is 6.92 Å². The van der Waals surface area contributed by atoms with Crippen LogP contribution < -0.4 is 10.5 Å². The van der Waals surface area contributed by atoms with Gasteiger partial charge < -0.3 is 25.6 Å². The average Bonchev–Trinajstić information content (AvgIpc) is 2.49. The molecule has 1 rings (SSSR count). The fraction of sp³-hybridized carbons (Fsp3) is 0.533. The number of benzene rings is 1. The lowest BCUT2D eigenvalue weighted by molar-refractivity contribution is 0.0677. The standard InChI is InChI=1S/C15H24N2O3S/c1-2-17(8-3-9-18)10-13(19)11-20-14-6-4-12(5-7-14)15(16)21/h4-7,13,18-19H,2-3,8-11H2,1H3,(H2,16,21). The maximum absolute atomic E-state index is 9.98. The SMILES string of the molecule is CCN(CCCO)CC(O)COc1ccc(C(N)=S)cc1. The Morgan fingerprint density at radius 2 is 2.05 bits per heavy atom. The summed E-state index contributed by atoms with van der Waals surface area (Å²) in [4.78, 5) is 2.43. The Balaban J connectivity index is 2.37.